The minimum atomic E-state index is 0. The molecular weight excluding hydrogens is 447 g/mol. The fourth-order valence-electron chi connectivity index (χ4n) is 3.11. The van der Waals surface area contributed by atoms with Crippen molar-refractivity contribution in [2.75, 3.05) is 52.5 Å². The van der Waals surface area contributed by atoms with Crippen molar-refractivity contribution in [3.8, 4) is 0 Å². The van der Waals surface area contributed by atoms with E-state index in [1.165, 1.54) is 0 Å². The Morgan fingerprint density at radius 3 is 2.92 bits per heavy atom. The zero-order valence-electron chi connectivity index (χ0n) is 16.0. The molecule has 1 unspecified atom stereocenters. The van der Waals surface area contributed by atoms with Crippen LogP contribution in [0.2, 0.25) is 0 Å². The molecule has 2 N–H and O–H groups in total. The maximum atomic E-state index is 11.6. The average molecular weight is 482 g/mol. The molecule has 0 aliphatic carbocycles. The first-order chi connectivity index (χ1) is 12.3. The van der Waals surface area contributed by atoms with Crippen LogP contribution in [0, 0.1) is 0 Å². The number of likely N-dealkylation sites (tertiary alicyclic amines) is 1. The number of hydrogen-bond acceptors (Lipinski definition) is 4. The molecule has 0 aromatic heterocycles. The fourth-order valence-corrected chi connectivity index (χ4v) is 3.11. The topological polar surface area (TPSA) is 75.2 Å². The van der Waals surface area contributed by atoms with E-state index in [1.807, 2.05) is 4.90 Å². The lowest BCUT2D eigenvalue weighted by Gasteiger charge is -2.15. The van der Waals surface area contributed by atoms with Crippen LogP contribution < -0.4 is 10.6 Å². The number of nitrogens with zero attached hydrogens (tertiary/aromatic N) is 2. The van der Waals surface area contributed by atoms with Gasteiger partial charge in [-0.3, -0.25) is 9.79 Å². The second-order valence-corrected chi connectivity index (χ2v) is 6.59. The van der Waals surface area contributed by atoms with Gasteiger partial charge in [-0.15, -0.1) is 24.0 Å². The second-order valence-electron chi connectivity index (χ2n) is 6.59. The molecule has 0 spiro atoms. The minimum Gasteiger partial charge on any atom is -0.379 e. The normalized spacial score (nSPS) is 20.3. The lowest BCUT2D eigenvalue weighted by Crippen LogP contribution is -2.38. The van der Waals surface area contributed by atoms with Crippen LogP contribution in [-0.4, -0.2) is 75.4 Å². The number of rotatable bonds is 11. The van der Waals surface area contributed by atoms with Gasteiger partial charge < -0.3 is 25.0 Å². The lowest BCUT2D eigenvalue weighted by molar-refractivity contribution is -0.127. The number of guanidine groups is 1. The molecule has 152 valence electrons. The molecule has 0 saturated carbocycles. The van der Waals surface area contributed by atoms with Crippen LogP contribution in [0.5, 0.6) is 0 Å². The van der Waals surface area contributed by atoms with E-state index in [4.69, 9.17) is 9.47 Å². The number of nitrogens with one attached hydrogen (secondary N) is 2. The summed E-state index contributed by atoms with van der Waals surface area (Å²) in [5.74, 6) is 1.13. The van der Waals surface area contributed by atoms with Crippen LogP contribution in [0.3, 0.4) is 0 Å². The largest absolute Gasteiger partial charge is 0.379 e. The van der Waals surface area contributed by atoms with Gasteiger partial charge in [0.15, 0.2) is 5.96 Å². The Kier molecular flexibility index (Phi) is 13.0. The van der Waals surface area contributed by atoms with Crippen molar-refractivity contribution in [1.29, 1.82) is 0 Å². The highest BCUT2D eigenvalue weighted by Crippen LogP contribution is 2.12. The third-order valence-electron chi connectivity index (χ3n) is 4.46. The minimum absolute atomic E-state index is 0. The summed E-state index contributed by atoms with van der Waals surface area (Å²) in [5, 5.41) is 6.59. The molecule has 0 aromatic carbocycles. The molecule has 0 aromatic rings. The number of aliphatic imine (C=N–C) groups is 1. The van der Waals surface area contributed by atoms with Gasteiger partial charge in [-0.05, 0) is 39.0 Å². The van der Waals surface area contributed by atoms with E-state index in [1.54, 1.807) is 0 Å². The van der Waals surface area contributed by atoms with Crippen molar-refractivity contribution < 1.29 is 14.3 Å². The summed E-state index contributed by atoms with van der Waals surface area (Å²) in [6.45, 7) is 8.52. The molecule has 2 rings (SSSR count). The van der Waals surface area contributed by atoms with Crippen LogP contribution >= 0.6 is 24.0 Å². The van der Waals surface area contributed by atoms with Gasteiger partial charge in [-0.1, -0.05) is 0 Å². The molecule has 8 heteroatoms. The Morgan fingerprint density at radius 2 is 2.23 bits per heavy atom. The van der Waals surface area contributed by atoms with Gasteiger partial charge >= 0.3 is 0 Å². The predicted octanol–water partition coefficient (Wildman–Crippen LogP) is 1.76. The summed E-state index contributed by atoms with van der Waals surface area (Å²) in [4.78, 5) is 18.1. The van der Waals surface area contributed by atoms with E-state index in [2.05, 4.69) is 22.5 Å². The fraction of sp³-hybridized carbons (Fsp3) is 0.889. The number of carbonyl (C=O) groups is 1. The lowest BCUT2D eigenvalue weighted by atomic mass is 10.2. The molecule has 2 aliphatic rings. The van der Waals surface area contributed by atoms with E-state index < -0.39 is 0 Å². The highest BCUT2D eigenvalue weighted by Gasteiger charge is 2.18. The van der Waals surface area contributed by atoms with E-state index in [0.29, 0.717) is 19.1 Å². The van der Waals surface area contributed by atoms with E-state index in [9.17, 15) is 4.79 Å². The molecule has 7 nitrogen and oxygen atoms in total. The van der Waals surface area contributed by atoms with Crippen LogP contribution in [-0.2, 0) is 14.3 Å². The van der Waals surface area contributed by atoms with Gasteiger partial charge in [0, 0.05) is 52.4 Å². The van der Waals surface area contributed by atoms with E-state index >= 15 is 0 Å². The summed E-state index contributed by atoms with van der Waals surface area (Å²) >= 11 is 0. The average Bonchev–Trinajstić information content (AvgIpc) is 3.26. The first-order valence-electron chi connectivity index (χ1n) is 9.79. The molecule has 2 heterocycles. The van der Waals surface area contributed by atoms with Gasteiger partial charge in [0.25, 0.3) is 0 Å². The molecule has 2 aliphatic heterocycles. The number of hydrogen-bond donors (Lipinski definition) is 2. The Labute approximate surface area is 174 Å². The Balaban J connectivity index is 0.00000338. The van der Waals surface area contributed by atoms with Crippen molar-refractivity contribution >= 4 is 35.8 Å². The van der Waals surface area contributed by atoms with Gasteiger partial charge in [-0.25, -0.2) is 0 Å². The highest BCUT2D eigenvalue weighted by molar-refractivity contribution is 14.0. The molecule has 2 fully saturated rings. The van der Waals surface area contributed by atoms with Crippen LogP contribution in [0.25, 0.3) is 0 Å². The number of ether oxygens (including phenoxy) is 2. The van der Waals surface area contributed by atoms with Crippen LogP contribution in [0.15, 0.2) is 4.99 Å². The first-order valence-corrected chi connectivity index (χ1v) is 9.79. The van der Waals surface area contributed by atoms with Gasteiger partial charge in [0.05, 0.1) is 12.7 Å². The number of halogens is 1. The van der Waals surface area contributed by atoms with Crippen LogP contribution in [0.4, 0.5) is 0 Å². The molecule has 26 heavy (non-hydrogen) atoms. The molecule has 0 radical (unpaired) electrons. The zero-order valence-corrected chi connectivity index (χ0v) is 18.3. The van der Waals surface area contributed by atoms with Gasteiger partial charge in [-0.2, -0.15) is 0 Å². The standard InChI is InChI=1S/C18H34N4O3.HI/c1-2-19-18(20-9-5-12-22-11-3-8-17(22)23)21-10-6-13-24-15-16-7-4-14-25-16;/h16H,2-15H2,1H3,(H2,19,20,21);1H. The van der Waals surface area contributed by atoms with Crippen molar-refractivity contribution in [2.45, 2.75) is 51.6 Å². The van der Waals surface area contributed by atoms with E-state index in [-0.39, 0.29) is 29.9 Å². The van der Waals surface area contributed by atoms with Crippen LogP contribution in [0.1, 0.15) is 45.4 Å². The SMILES string of the molecule is CCNC(=NCCCN1CCCC1=O)NCCCOCC1CCCO1.I. The molecule has 2 saturated heterocycles. The predicted molar refractivity (Wildman–Crippen MR) is 114 cm³/mol. The second kappa shape index (κ2) is 14.4. The Morgan fingerprint density at radius 1 is 1.35 bits per heavy atom. The zero-order chi connectivity index (χ0) is 17.7. The van der Waals surface area contributed by atoms with Crippen molar-refractivity contribution in [2.24, 2.45) is 4.99 Å². The van der Waals surface area contributed by atoms with Gasteiger partial charge in [0.1, 0.15) is 0 Å². The Bertz CT molecular complexity index is 417. The van der Waals surface area contributed by atoms with Crippen molar-refractivity contribution in [3.05, 3.63) is 0 Å². The number of carbonyl (C=O) groups excluding carboxylic acids is 1. The summed E-state index contributed by atoms with van der Waals surface area (Å²) in [6.07, 6.45) is 6.15. The summed E-state index contributed by atoms with van der Waals surface area (Å²) < 4.78 is 11.2. The summed E-state index contributed by atoms with van der Waals surface area (Å²) in [5.41, 5.74) is 0. The number of amides is 1. The molecular formula is C18H35IN4O3. The molecule has 1 amide bonds. The maximum absolute atomic E-state index is 11.6. The monoisotopic (exact) mass is 482 g/mol. The quantitative estimate of drug-likeness (QED) is 0.203. The third-order valence-corrected chi connectivity index (χ3v) is 4.46. The van der Waals surface area contributed by atoms with Gasteiger partial charge in [0.2, 0.25) is 5.91 Å². The highest BCUT2D eigenvalue weighted by atomic mass is 127. The summed E-state index contributed by atoms with van der Waals surface area (Å²) in [6, 6.07) is 0. The van der Waals surface area contributed by atoms with Crippen molar-refractivity contribution in [3.63, 3.8) is 0 Å². The molecule has 1 atom stereocenters. The smallest absolute Gasteiger partial charge is 0.222 e. The molecule has 0 bridgehead atoms. The Hall–Kier alpha value is -0.610. The maximum Gasteiger partial charge on any atom is 0.222 e. The van der Waals surface area contributed by atoms with E-state index in [0.717, 1.165) is 84.0 Å². The third kappa shape index (κ3) is 9.36. The van der Waals surface area contributed by atoms with Crippen molar-refractivity contribution in [1.82, 2.24) is 15.5 Å². The summed E-state index contributed by atoms with van der Waals surface area (Å²) in [7, 11) is 0. The first kappa shape index (κ1) is 23.4.